The molecule has 1 aromatic carbocycles. The maximum Gasteiger partial charge on any atom is 0.416 e. The van der Waals surface area contributed by atoms with E-state index in [4.69, 9.17) is 4.74 Å². The van der Waals surface area contributed by atoms with Gasteiger partial charge in [0.1, 0.15) is 6.10 Å². The number of halogens is 3. The van der Waals surface area contributed by atoms with Crippen LogP contribution in [0.4, 0.5) is 13.2 Å². The Labute approximate surface area is 178 Å². The number of hydrogen-bond donors (Lipinski definition) is 0. The third-order valence-electron chi connectivity index (χ3n) is 5.41. The van der Waals surface area contributed by atoms with Crippen molar-refractivity contribution in [3.05, 3.63) is 65.4 Å². The van der Waals surface area contributed by atoms with Gasteiger partial charge in [-0.2, -0.15) is 18.3 Å². The number of alkyl halides is 3. The van der Waals surface area contributed by atoms with E-state index in [2.05, 4.69) is 26.2 Å². The lowest BCUT2D eigenvalue weighted by atomic mass is 10.0. The Morgan fingerprint density at radius 2 is 2.00 bits per heavy atom. The molecule has 31 heavy (non-hydrogen) atoms. The van der Waals surface area contributed by atoms with Crippen LogP contribution in [0.25, 0.3) is 11.3 Å². The van der Waals surface area contributed by atoms with E-state index in [1.54, 1.807) is 12.3 Å². The number of rotatable bonds is 5. The van der Waals surface area contributed by atoms with E-state index in [-0.39, 0.29) is 6.10 Å². The fourth-order valence-corrected chi connectivity index (χ4v) is 3.78. The number of nitrogens with zero attached hydrogens (tertiary/aromatic N) is 5. The summed E-state index contributed by atoms with van der Waals surface area (Å²) < 4.78 is 47.4. The molecule has 0 radical (unpaired) electrons. The zero-order chi connectivity index (χ0) is 22.0. The minimum Gasteiger partial charge on any atom is -0.369 e. The van der Waals surface area contributed by atoms with Crippen LogP contribution in [0.15, 0.2) is 42.9 Å². The van der Waals surface area contributed by atoms with Crippen molar-refractivity contribution < 1.29 is 17.9 Å². The van der Waals surface area contributed by atoms with Gasteiger partial charge in [-0.3, -0.25) is 19.5 Å². The third-order valence-corrected chi connectivity index (χ3v) is 5.41. The van der Waals surface area contributed by atoms with Gasteiger partial charge in [0.2, 0.25) is 0 Å². The minimum atomic E-state index is -4.42. The summed E-state index contributed by atoms with van der Waals surface area (Å²) >= 11 is 0. The summed E-state index contributed by atoms with van der Waals surface area (Å²) in [4.78, 5) is 11.0. The van der Waals surface area contributed by atoms with Gasteiger partial charge < -0.3 is 4.74 Å². The van der Waals surface area contributed by atoms with Crippen LogP contribution in [-0.4, -0.2) is 44.3 Å². The van der Waals surface area contributed by atoms with Crippen LogP contribution in [0.2, 0.25) is 0 Å². The van der Waals surface area contributed by atoms with Gasteiger partial charge in [-0.25, -0.2) is 0 Å². The first-order valence-corrected chi connectivity index (χ1v) is 10.2. The van der Waals surface area contributed by atoms with Gasteiger partial charge >= 0.3 is 6.18 Å². The second kappa shape index (κ2) is 8.76. The van der Waals surface area contributed by atoms with Crippen molar-refractivity contribution in [2.24, 2.45) is 0 Å². The molecule has 0 saturated carbocycles. The lowest BCUT2D eigenvalue weighted by Gasteiger charge is -2.33. The first kappa shape index (κ1) is 21.5. The summed E-state index contributed by atoms with van der Waals surface area (Å²) in [6, 6.07) is 5.17. The molecule has 0 spiro atoms. The van der Waals surface area contributed by atoms with Gasteiger partial charge in [0.15, 0.2) is 0 Å². The molecule has 2 aromatic heterocycles. The average Bonchev–Trinajstić information content (AvgIpc) is 3.13. The third kappa shape index (κ3) is 4.77. The van der Waals surface area contributed by atoms with E-state index < -0.39 is 11.7 Å². The van der Waals surface area contributed by atoms with E-state index in [0.29, 0.717) is 30.1 Å². The molecule has 9 heteroatoms. The molecule has 0 N–H and O–H groups in total. The Morgan fingerprint density at radius 1 is 1.19 bits per heavy atom. The molecule has 1 fully saturated rings. The molecule has 0 bridgehead atoms. The van der Waals surface area contributed by atoms with E-state index in [1.165, 1.54) is 12.3 Å². The molecule has 1 atom stereocenters. The van der Waals surface area contributed by atoms with Gasteiger partial charge in [-0.1, -0.05) is 12.1 Å². The maximum atomic E-state index is 13.2. The van der Waals surface area contributed by atoms with Crippen LogP contribution in [0, 0.1) is 6.92 Å². The van der Waals surface area contributed by atoms with Crippen molar-refractivity contribution >= 4 is 0 Å². The van der Waals surface area contributed by atoms with Crippen LogP contribution in [0.1, 0.15) is 35.5 Å². The van der Waals surface area contributed by atoms with Crippen molar-refractivity contribution in [3.63, 3.8) is 0 Å². The van der Waals surface area contributed by atoms with Crippen LogP contribution < -0.4 is 0 Å². The highest BCUT2D eigenvalue weighted by Gasteiger charge is 2.32. The maximum absolute atomic E-state index is 13.2. The molecule has 6 nitrogen and oxygen atoms in total. The highest BCUT2D eigenvalue weighted by molar-refractivity contribution is 5.63. The summed E-state index contributed by atoms with van der Waals surface area (Å²) in [5.41, 5.74) is 2.77. The smallest absolute Gasteiger partial charge is 0.369 e. The Balaban J connectivity index is 1.58. The van der Waals surface area contributed by atoms with Crippen LogP contribution in [0.3, 0.4) is 0 Å². The van der Waals surface area contributed by atoms with Crippen LogP contribution >= 0.6 is 0 Å². The molecule has 0 amide bonds. The molecule has 0 unspecified atom stereocenters. The molecule has 0 aliphatic carbocycles. The second-order valence-electron chi connectivity index (χ2n) is 7.56. The topological polar surface area (TPSA) is 56.1 Å². The van der Waals surface area contributed by atoms with Crippen molar-refractivity contribution in [2.75, 3.05) is 19.7 Å². The standard InChI is InChI=1S/C22H24F3N5O/c1-3-30-13-17(15(2)28-30)12-29-9-10-31-19(14-29)21-20(26-7-8-27-21)16-5-4-6-18(11-16)22(23,24)25/h4-8,11,13,19H,3,9-10,12,14H2,1-2H3/t19-/m0/s1. The van der Waals surface area contributed by atoms with Crippen molar-refractivity contribution in [1.82, 2.24) is 24.6 Å². The molecular formula is C22H24F3N5O. The fraction of sp³-hybridized carbons (Fsp3) is 0.409. The molecule has 3 aromatic rings. The molecule has 1 saturated heterocycles. The summed E-state index contributed by atoms with van der Waals surface area (Å²) in [5.74, 6) is 0. The molecule has 164 valence electrons. The molecule has 1 aliphatic rings. The van der Waals surface area contributed by atoms with E-state index in [9.17, 15) is 13.2 Å². The number of morpholine rings is 1. The Morgan fingerprint density at radius 3 is 2.74 bits per heavy atom. The van der Waals surface area contributed by atoms with Gasteiger partial charge in [0.25, 0.3) is 0 Å². The monoisotopic (exact) mass is 431 g/mol. The van der Waals surface area contributed by atoms with Crippen molar-refractivity contribution in [1.29, 1.82) is 0 Å². The van der Waals surface area contributed by atoms with Gasteiger partial charge in [-0.15, -0.1) is 0 Å². The summed E-state index contributed by atoms with van der Waals surface area (Å²) in [7, 11) is 0. The lowest BCUT2D eigenvalue weighted by molar-refractivity contribution is -0.137. The number of aryl methyl sites for hydroxylation is 2. The summed E-state index contributed by atoms with van der Waals surface area (Å²) in [6.07, 6.45) is 0.286. The van der Waals surface area contributed by atoms with E-state index in [0.717, 1.165) is 43.0 Å². The second-order valence-corrected chi connectivity index (χ2v) is 7.56. The average molecular weight is 431 g/mol. The SMILES string of the molecule is CCn1cc(CN2CCO[C@H](c3nccnc3-c3cccc(C(F)(F)F)c3)C2)c(C)n1. The summed E-state index contributed by atoms with van der Waals surface area (Å²) in [6.45, 7) is 7.41. The number of benzene rings is 1. The lowest BCUT2D eigenvalue weighted by Crippen LogP contribution is -2.38. The van der Waals surface area contributed by atoms with Crippen LogP contribution in [0.5, 0.6) is 0 Å². The van der Waals surface area contributed by atoms with E-state index >= 15 is 0 Å². The predicted octanol–water partition coefficient (Wildman–Crippen LogP) is 4.26. The largest absolute Gasteiger partial charge is 0.416 e. The number of ether oxygens (including phenoxy) is 1. The van der Waals surface area contributed by atoms with Gasteiger partial charge in [0, 0.05) is 55.9 Å². The highest BCUT2D eigenvalue weighted by Crippen LogP contribution is 2.34. The first-order chi connectivity index (χ1) is 14.8. The van der Waals surface area contributed by atoms with Gasteiger partial charge in [-0.05, 0) is 26.0 Å². The number of hydrogen-bond acceptors (Lipinski definition) is 5. The van der Waals surface area contributed by atoms with Gasteiger partial charge in [0.05, 0.1) is 29.3 Å². The van der Waals surface area contributed by atoms with E-state index in [1.807, 2.05) is 18.5 Å². The fourth-order valence-electron chi connectivity index (χ4n) is 3.78. The zero-order valence-electron chi connectivity index (χ0n) is 17.4. The Hall–Kier alpha value is -2.78. The Bertz CT molecular complexity index is 1050. The molecule has 3 heterocycles. The molecular weight excluding hydrogens is 407 g/mol. The van der Waals surface area contributed by atoms with Crippen LogP contribution in [-0.2, 0) is 24.0 Å². The zero-order valence-corrected chi connectivity index (χ0v) is 17.4. The first-order valence-electron chi connectivity index (χ1n) is 10.2. The van der Waals surface area contributed by atoms with Crippen molar-refractivity contribution in [2.45, 2.75) is 39.2 Å². The number of aromatic nitrogens is 4. The molecule has 4 rings (SSSR count). The Kier molecular flexibility index (Phi) is 6.06. The predicted molar refractivity (Wildman–Crippen MR) is 109 cm³/mol. The molecule has 1 aliphatic heterocycles. The van der Waals surface area contributed by atoms with Crippen molar-refractivity contribution in [3.8, 4) is 11.3 Å². The minimum absolute atomic E-state index is 0.374. The highest BCUT2D eigenvalue weighted by atomic mass is 19.4. The summed E-state index contributed by atoms with van der Waals surface area (Å²) in [5, 5.41) is 4.50. The normalized spacial score (nSPS) is 17.8. The quantitative estimate of drug-likeness (QED) is 0.604.